The van der Waals surface area contributed by atoms with Crippen molar-refractivity contribution in [1.29, 1.82) is 0 Å². The van der Waals surface area contributed by atoms with Gasteiger partial charge in [-0.15, -0.1) is 0 Å². The van der Waals surface area contributed by atoms with Crippen LogP contribution in [-0.2, 0) is 23.1 Å². The predicted octanol–water partition coefficient (Wildman–Crippen LogP) is 4.63. The Labute approximate surface area is 184 Å². The third kappa shape index (κ3) is 6.82. The normalized spacial score (nSPS) is 11.3. The molecule has 0 amide bonds. The number of rotatable bonds is 11. The van der Waals surface area contributed by atoms with Gasteiger partial charge in [-0.3, -0.25) is 0 Å². The molecule has 0 aliphatic heterocycles. The first-order valence-corrected chi connectivity index (χ1v) is 11.9. The molecule has 0 atom stereocenters. The lowest BCUT2D eigenvalue weighted by Crippen LogP contribution is -2.17. The van der Waals surface area contributed by atoms with E-state index >= 15 is 0 Å². The quantitative estimate of drug-likeness (QED) is 0.379. The van der Waals surface area contributed by atoms with Crippen molar-refractivity contribution < 1.29 is 13.2 Å². The number of nitrogens with two attached hydrogens (primary N) is 1. The summed E-state index contributed by atoms with van der Waals surface area (Å²) in [5.41, 5.74) is 2.57. The molecule has 6 nitrogen and oxygen atoms in total. The van der Waals surface area contributed by atoms with Crippen LogP contribution in [0.1, 0.15) is 30.9 Å². The largest absolute Gasteiger partial charge is 0.454 e. The number of unbranched alkanes of at least 4 members (excludes halogenated alkanes) is 1. The fraction of sp³-hybridized carbons (Fsp3) is 0.250. The summed E-state index contributed by atoms with van der Waals surface area (Å²) in [7, 11) is -4.00. The fourth-order valence-electron chi connectivity index (χ4n) is 3.16. The number of para-hydroxylation sites is 1. The number of sulfonamides is 1. The molecule has 0 unspecified atom stereocenters. The molecule has 0 aliphatic carbocycles. The minimum atomic E-state index is -4.00. The maximum Gasteiger partial charge on any atom is 0.241 e. The number of hydrogen-bond acceptors (Lipinski definition) is 5. The first-order chi connectivity index (χ1) is 15.0. The van der Waals surface area contributed by atoms with Gasteiger partial charge in [0.25, 0.3) is 0 Å². The molecule has 3 rings (SSSR count). The molecule has 0 aliphatic rings. The van der Waals surface area contributed by atoms with E-state index in [4.69, 9.17) is 9.88 Å². The zero-order valence-corrected chi connectivity index (χ0v) is 18.5. The van der Waals surface area contributed by atoms with E-state index in [0.29, 0.717) is 31.1 Å². The number of nitrogens with one attached hydrogen (secondary N) is 2. The van der Waals surface area contributed by atoms with E-state index in [1.807, 2.05) is 54.6 Å². The van der Waals surface area contributed by atoms with Crippen LogP contribution in [0.5, 0.6) is 11.5 Å². The summed E-state index contributed by atoms with van der Waals surface area (Å²) in [6.45, 7) is 3.97. The molecule has 0 aromatic heterocycles. The van der Waals surface area contributed by atoms with Crippen molar-refractivity contribution in [2.24, 2.45) is 5.14 Å². The molecule has 0 fully saturated rings. The third-order valence-corrected chi connectivity index (χ3v) is 5.65. The first-order valence-electron chi connectivity index (χ1n) is 10.4. The highest BCUT2D eigenvalue weighted by molar-refractivity contribution is 7.89. The maximum atomic E-state index is 12.4. The van der Waals surface area contributed by atoms with Gasteiger partial charge < -0.3 is 15.4 Å². The molecule has 0 saturated heterocycles. The second kappa shape index (κ2) is 10.9. The summed E-state index contributed by atoms with van der Waals surface area (Å²) in [6.07, 6.45) is 1.97. The molecule has 0 radical (unpaired) electrons. The lowest BCUT2D eigenvalue weighted by atomic mass is 10.1. The topological polar surface area (TPSA) is 93.5 Å². The molecule has 0 spiro atoms. The van der Waals surface area contributed by atoms with E-state index in [2.05, 4.69) is 17.6 Å². The Kier molecular flexibility index (Phi) is 8.06. The van der Waals surface area contributed by atoms with Gasteiger partial charge in [0.05, 0.1) is 5.69 Å². The molecular formula is C24H29N3O3S. The van der Waals surface area contributed by atoms with Crippen molar-refractivity contribution in [3.05, 3.63) is 83.9 Å². The summed E-state index contributed by atoms with van der Waals surface area (Å²) in [5.74, 6) is 0.762. The Balaban J connectivity index is 1.91. The number of ether oxygens (including phenoxy) is 1. The number of anilines is 1. The van der Waals surface area contributed by atoms with Crippen molar-refractivity contribution in [3.63, 3.8) is 0 Å². The van der Waals surface area contributed by atoms with E-state index < -0.39 is 10.0 Å². The predicted molar refractivity (Wildman–Crippen MR) is 125 cm³/mol. The Morgan fingerprint density at radius 2 is 1.55 bits per heavy atom. The Morgan fingerprint density at radius 1 is 0.903 bits per heavy atom. The van der Waals surface area contributed by atoms with Gasteiger partial charge >= 0.3 is 0 Å². The average Bonchev–Trinajstić information content (AvgIpc) is 2.76. The number of hydrogen-bond donors (Lipinski definition) is 3. The number of benzene rings is 3. The van der Waals surface area contributed by atoms with Crippen molar-refractivity contribution in [2.75, 3.05) is 11.9 Å². The molecule has 0 heterocycles. The van der Waals surface area contributed by atoms with Gasteiger partial charge in [-0.05, 0) is 41.8 Å². The van der Waals surface area contributed by atoms with Crippen molar-refractivity contribution >= 4 is 15.7 Å². The van der Waals surface area contributed by atoms with Gasteiger partial charge in [0, 0.05) is 19.6 Å². The minimum Gasteiger partial charge on any atom is -0.454 e. The summed E-state index contributed by atoms with van der Waals surface area (Å²) >= 11 is 0. The lowest BCUT2D eigenvalue weighted by molar-refractivity contribution is 0.468. The van der Waals surface area contributed by atoms with Gasteiger partial charge in [0.15, 0.2) is 5.75 Å². The summed E-state index contributed by atoms with van der Waals surface area (Å²) in [5, 5.41) is 12.2. The smallest absolute Gasteiger partial charge is 0.241 e. The minimum absolute atomic E-state index is 0.0330. The fourth-order valence-corrected chi connectivity index (χ4v) is 3.89. The number of primary sulfonamides is 1. The molecule has 31 heavy (non-hydrogen) atoms. The molecule has 3 aromatic rings. The molecule has 7 heteroatoms. The van der Waals surface area contributed by atoms with Crippen molar-refractivity contribution in [1.82, 2.24) is 5.32 Å². The Bertz CT molecular complexity index is 1070. The molecule has 0 bridgehead atoms. The molecule has 3 aromatic carbocycles. The van der Waals surface area contributed by atoms with Crippen LogP contribution < -0.4 is 20.5 Å². The van der Waals surface area contributed by atoms with E-state index in [1.54, 1.807) is 18.2 Å². The van der Waals surface area contributed by atoms with E-state index in [1.165, 1.54) is 0 Å². The third-order valence-electron chi connectivity index (χ3n) is 4.73. The SMILES string of the molecule is CCCCNc1cc(CNCc2ccccc2)cc(S(N)(=O)=O)c1Oc1ccccc1. The van der Waals surface area contributed by atoms with Crippen LogP contribution in [0.2, 0.25) is 0 Å². The Morgan fingerprint density at radius 3 is 2.19 bits per heavy atom. The summed E-state index contributed by atoms with van der Waals surface area (Å²) in [4.78, 5) is -0.0330. The molecule has 4 N–H and O–H groups in total. The van der Waals surface area contributed by atoms with E-state index in [-0.39, 0.29) is 10.6 Å². The van der Waals surface area contributed by atoms with Gasteiger partial charge in [-0.2, -0.15) is 0 Å². The average molecular weight is 440 g/mol. The van der Waals surface area contributed by atoms with Crippen LogP contribution in [-0.4, -0.2) is 15.0 Å². The summed E-state index contributed by atoms with van der Waals surface area (Å²) < 4.78 is 30.8. The van der Waals surface area contributed by atoms with Crippen LogP contribution in [0.4, 0.5) is 5.69 Å². The maximum absolute atomic E-state index is 12.4. The highest BCUT2D eigenvalue weighted by Crippen LogP contribution is 2.37. The lowest BCUT2D eigenvalue weighted by Gasteiger charge is -2.18. The second-order valence-electron chi connectivity index (χ2n) is 7.30. The van der Waals surface area contributed by atoms with E-state index in [0.717, 1.165) is 24.0 Å². The Hall–Kier alpha value is -2.87. The monoisotopic (exact) mass is 439 g/mol. The van der Waals surface area contributed by atoms with Gasteiger partial charge in [0.2, 0.25) is 10.0 Å². The van der Waals surface area contributed by atoms with Crippen LogP contribution in [0.25, 0.3) is 0 Å². The highest BCUT2D eigenvalue weighted by atomic mass is 32.2. The standard InChI is InChI=1S/C24H29N3O3S/c1-2-3-14-27-22-15-20(18-26-17-19-10-6-4-7-11-19)16-23(31(25,28)29)24(22)30-21-12-8-5-9-13-21/h4-13,15-16,26-27H,2-3,14,17-18H2,1H3,(H2,25,28,29). The van der Waals surface area contributed by atoms with Gasteiger partial charge in [-0.1, -0.05) is 61.9 Å². The highest BCUT2D eigenvalue weighted by Gasteiger charge is 2.21. The van der Waals surface area contributed by atoms with Crippen LogP contribution in [0.3, 0.4) is 0 Å². The van der Waals surface area contributed by atoms with Crippen LogP contribution in [0.15, 0.2) is 77.7 Å². The zero-order valence-electron chi connectivity index (χ0n) is 17.7. The molecule has 164 valence electrons. The summed E-state index contributed by atoms with van der Waals surface area (Å²) in [6, 6.07) is 22.6. The van der Waals surface area contributed by atoms with E-state index in [9.17, 15) is 8.42 Å². The van der Waals surface area contributed by atoms with Crippen LogP contribution >= 0.6 is 0 Å². The second-order valence-corrected chi connectivity index (χ2v) is 8.83. The molecular weight excluding hydrogens is 410 g/mol. The van der Waals surface area contributed by atoms with Gasteiger partial charge in [-0.25, -0.2) is 13.6 Å². The van der Waals surface area contributed by atoms with Crippen molar-refractivity contribution in [2.45, 2.75) is 37.8 Å². The zero-order chi connectivity index (χ0) is 22.1. The van der Waals surface area contributed by atoms with Gasteiger partial charge in [0.1, 0.15) is 10.6 Å². The first kappa shape index (κ1) is 22.8. The van der Waals surface area contributed by atoms with Crippen LogP contribution in [0, 0.1) is 0 Å². The van der Waals surface area contributed by atoms with Crippen molar-refractivity contribution in [3.8, 4) is 11.5 Å². The molecule has 0 saturated carbocycles.